The number of hydrogen-bond acceptors (Lipinski definition) is 6. The fraction of sp³-hybridized carbons (Fsp3) is 0.533. The Morgan fingerprint density at radius 3 is 2.55 bits per heavy atom. The number of nitrogens with zero attached hydrogens (tertiary/aromatic N) is 1. The van der Waals surface area contributed by atoms with E-state index in [2.05, 4.69) is 0 Å². The summed E-state index contributed by atoms with van der Waals surface area (Å²) in [5.74, 6) is -0.362. The second kappa shape index (κ2) is 6.42. The Morgan fingerprint density at radius 1 is 1.18 bits per heavy atom. The van der Waals surface area contributed by atoms with E-state index in [1.807, 2.05) is 0 Å². The van der Waals surface area contributed by atoms with Crippen LogP contribution in [0.3, 0.4) is 0 Å². The summed E-state index contributed by atoms with van der Waals surface area (Å²) in [5.41, 5.74) is 1.42. The van der Waals surface area contributed by atoms with Gasteiger partial charge in [0.2, 0.25) is 11.8 Å². The van der Waals surface area contributed by atoms with Crippen molar-refractivity contribution in [1.29, 1.82) is 0 Å². The maximum Gasteiger partial charge on any atom is 0.341 e. The standard InChI is InChI=1S/C15H17NO4S2/c1-2-20-15(19)13-9-5-3-4-6-10(9)22-14(13)16-11(17)7-21-8-12(16)18/h2-8H2,1H3. The highest BCUT2D eigenvalue weighted by Crippen LogP contribution is 2.41. The molecule has 1 aliphatic heterocycles. The van der Waals surface area contributed by atoms with Crippen molar-refractivity contribution in [2.75, 3.05) is 23.0 Å². The van der Waals surface area contributed by atoms with Crippen LogP contribution in [0.4, 0.5) is 5.00 Å². The van der Waals surface area contributed by atoms with Gasteiger partial charge in [-0.1, -0.05) is 0 Å². The summed E-state index contributed by atoms with van der Waals surface area (Å²) in [5, 5.41) is 0.473. The van der Waals surface area contributed by atoms with Crippen molar-refractivity contribution in [3.8, 4) is 0 Å². The molecule has 1 fully saturated rings. The minimum absolute atomic E-state index is 0.245. The number of thioether (sulfide) groups is 1. The van der Waals surface area contributed by atoms with Gasteiger partial charge in [0.1, 0.15) is 5.00 Å². The third-order valence-electron chi connectivity index (χ3n) is 3.79. The molecule has 0 unspecified atom stereocenters. The first-order valence-corrected chi connectivity index (χ1v) is 9.35. The van der Waals surface area contributed by atoms with Gasteiger partial charge in [0, 0.05) is 4.88 Å². The van der Waals surface area contributed by atoms with E-state index < -0.39 is 5.97 Å². The van der Waals surface area contributed by atoms with E-state index in [1.165, 1.54) is 28.0 Å². The molecule has 2 aliphatic rings. The molecule has 0 saturated carbocycles. The number of thiophene rings is 1. The molecule has 0 aromatic carbocycles. The van der Waals surface area contributed by atoms with E-state index in [0.29, 0.717) is 10.6 Å². The number of ether oxygens (including phenoxy) is 1. The zero-order valence-electron chi connectivity index (χ0n) is 12.3. The van der Waals surface area contributed by atoms with Gasteiger partial charge in [-0.05, 0) is 38.2 Å². The fourth-order valence-corrected chi connectivity index (χ4v) is 4.96. The van der Waals surface area contributed by atoms with Gasteiger partial charge >= 0.3 is 5.97 Å². The molecular weight excluding hydrogens is 322 g/mol. The van der Waals surface area contributed by atoms with Crippen LogP contribution in [-0.2, 0) is 27.2 Å². The van der Waals surface area contributed by atoms with Crippen molar-refractivity contribution >= 4 is 45.9 Å². The Kier molecular flexibility index (Phi) is 4.54. The molecular formula is C15H17NO4S2. The van der Waals surface area contributed by atoms with Crippen molar-refractivity contribution in [3.05, 3.63) is 16.0 Å². The number of esters is 1. The monoisotopic (exact) mass is 339 g/mol. The maximum absolute atomic E-state index is 12.4. The molecule has 1 aromatic rings. The molecule has 1 aromatic heterocycles. The number of anilines is 1. The van der Waals surface area contributed by atoms with Gasteiger partial charge in [0.25, 0.3) is 0 Å². The lowest BCUT2D eigenvalue weighted by Gasteiger charge is -2.24. The minimum Gasteiger partial charge on any atom is -0.462 e. The largest absolute Gasteiger partial charge is 0.462 e. The van der Waals surface area contributed by atoms with Crippen LogP contribution < -0.4 is 4.90 Å². The molecule has 118 valence electrons. The number of rotatable bonds is 3. The third kappa shape index (κ3) is 2.67. The van der Waals surface area contributed by atoms with Crippen molar-refractivity contribution in [2.24, 2.45) is 0 Å². The summed E-state index contributed by atoms with van der Waals surface area (Å²) < 4.78 is 5.17. The number of hydrogen-bond donors (Lipinski definition) is 0. The summed E-state index contributed by atoms with van der Waals surface area (Å²) in [6.07, 6.45) is 3.81. The summed E-state index contributed by atoms with van der Waals surface area (Å²) in [4.78, 5) is 39.1. The van der Waals surface area contributed by atoms with Crippen molar-refractivity contribution < 1.29 is 19.1 Å². The number of carbonyl (C=O) groups is 3. The summed E-state index contributed by atoms with van der Waals surface area (Å²) in [7, 11) is 0. The van der Waals surface area contributed by atoms with Gasteiger partial charge in [0.05, 0.1) is 23.7 Å². The van der Waals surface area contributed by atoms with Crippen LogP contribution in [0.5, 0.6) is 0 Å². The first-order valence-electron chi connectivity index (χ1n) is 7.38. The Balaban J connectivity index is 2.09. The molecule has 2 heterocycles. The molecule has 0 bridgehead atoms. The van der Waals surface area contributed by atoms with E-state index in [-0.39, 0.29) is 29.9 Å². The Bertz CT molecular complexity index is 622. The molecule has 2 amide bonds. The predicted molar refractivity (Wildman–Crippen MR) is 86.7 cm³/mol. The molecule has 5 nitrogen and oxygen atoms in total. The maximum atomic E-state index is 12.4. The van der Waals surface area contributed by atoms with Gasteiger partial charge in [-0.3, -0.25) is 9.59 Å². The van der Waals surface area contributed by atoms with Crippen LogP contribution >= 0.6 is 23.1 Å². The second-order valence-corrected chi connectivity index (χ2v) is 7.30. The molecule has 1 saturated heterocycles. The van der Waals surface area contributed by atoms with Gasteiger partial charge in [-0.25, -0.2) is 9.69 Å². The molecule has 0 spiro atoms. The highest BCUT2D eigenvalue weighted by Gasteiger charge is 2.36. The minimum atomic E-state index is -0.421. The van der Waals surface area contributed by atoms with Crippen molar-refractivity contribution in [1.82, 2.24) is 0 Å². The normalized spacial score (nSPS) is 18.3. The lowest BCUT2D eigenvalue weighted by Crippen LogP contribution is -2.43. The van der Waals surface area contributed by atoms with Gasteiger partial charge in [-0.2, -0.15) is 0 Å². The summed E-state index contributed by atoms with van der Waals surface area (Å²) >= 11 is 2.72. The summed E-state index contributed by atoms with van der Waals surface area (Å²) in [6, 6.07) is 0. The Morgan fingerprint density at radius 2 is 1.86 bits per heavy atom. The van der Waals surface area contributed by atoms with E-state index >= 15 is 0 Å². The van der Waals surface area contributed by atoms with E-state index in [1.54, 1.807) is 6.92 Å². The van der Waals surface area contributed by atoms with Crippen LogP contribution in [0.1, 0.15) is 40.6 Å². The smallest absolute Gasteiger partial charge is 0.341 e. The molecule has 3 rings (SSSR count). The van der Waals surface area contributed by atoms with Crippen LogP contribution in [0.25, 0.3) is 0 Å². The van der Waals surface area contributed by atoms with Crippen LogP contribution in [0.2, 0.25) is 0 Å². The topological polar surface area (TPSA) is 63.7 Å². The average Bonchev–Trinajstić information content (AvgIpc) is 2.86. The van der Waals surface area contributed by atoms with E-state index in [0.717, 1.165) is 36.1 Å². The predicted octanol–water partition coefficient (Wildman–Crippen LogP) is 2.41. The highest BCUT2D eigenvalue weighted by atomic mass is 32.2. The number of aryl methyl sites for hydroxylation is 1. The van der Waals surface area contributed by atoms with Gasteiger partial charge < -0.3 is 4.74 Å². The quantitative estimate of drug-likeness (QED) is 0.625. The van der Waals surface area contributed by atoms with Gasteiger partial charge in [-0.15, -0.1) is 23.1 Å². The first-order chi connectivity index (χ1) is 10.6. The molecule has 0 atom stereocenters. The summed E-state index contributed by atoms with van der Waals surface area (Å²) in [6.45, 7) is 2.03. The number of carbonyl (C=O) groups excluding carboxylic acids is 3. The first kappa shape index (κ1) is 15.6. The molecule has 22 heavy (non-hydrogen) atoms. The molecule has 0 radical (unpaired) electrons. The third-order valence-corrected chi connectivity index (χ3v) is 5.96. The van der Waals surface area contributed by atoms with E-state index in [4.69, 9.17) is 4.74 Å². The lowest BCUT2D eigenvalue weighted by molar-refractivity contribution is -0.124. The van der Waals surface area contributed by atoms with E-state index in [9.17, 15) is 14.4 Å². The SMILES string of the molecule is CCOC(=O)c1c(N2C(=O)CSCC2=O)sc2c1CCCC2. The fourth-order valence-electron chi connectivity index (χ4n) is 2.84. The number of amides is 2. The van der Waals surface area contributed by atoms with Gasteiger partial charge in [0.15, 0.2) is 0 Å². The second-order valence-electron chi connectivity index (χ2n) is 5.23. The molecule has 7 heteroatoms. The average molecular weight is 339 g/mol. The number of imide groups is 1. The zero-order chi connectivity index (χ0) is 15.7. The van der Waals surface area contributed by atoms with Crippen molar-refractivity contribution in [3.63, 3.8) is 0 Å². The molecule has 0 N–H and O–H groups in total. The lowest BCUT2D eigenvalue weighted by atomic mass is 9.95. The zero-order valence-corrected chi connectivity index (χ0v) is 14.0. The van der Waals surface area contributed by atoms with Crippen LogP contribution in [-0.4, -0.2) is 35.9 Å². The Hall–Kier alpha value is -1.34. The molecule has 1 aliphatic carbocycles. The number of fused-ring (bicyclic) bond motifs is 1. The van der Waals surface area contributed by atoms with Crippen molar-refractivity contribution in [2.45, 2.75) is 32.6 Å². The highest BCUT2D eigenvalue weighted by molar-refractivity contribution is 8.00. The van der Waals surface area contributed by atoms with Crippen LogP contribution in [0.15, 0.2) is 0 Å². The Labute approximate surface area is 137 Å². The van der Waals surface area contributed by atoms with Crippen LogP contribution in [0, 0.1) is 0 Å².